The highest BCUT2D eigenvalue weighted by molar-refractivity contribution is 6.48. The highest BCUT2D eigenvalue weighted by Gasteiger charge is 2.21. The van der Waals surface area contributed by atoms with Crippen LogP contribution in [0.25, 0.3) is 10.9 Å². The lowest BCUT2D eigenvalue weighted by molar-refractivity contribution is -0.112. The topological polar surface area (TPSA) is 51.1 Å². The second kappa shape index (κ2) is 7.53. The van der Waals surface area contributed by atoms with E-state index in [0.717, 1.165) is 22.0 Å². The molecule has 4 nitrogen and oxygen atoms in total. The number of carbonyl (C=O) groups excluding carboxylic acids is 2. The van der Waals surface area contributed by atoms with Crippen LogP contribution in [0.5, 0.6) is 0 Å². The van der Waals surface area contributed by atoms with E-state index in [-0.39, 0.29) is 0 Å². The van der Waals surface area contributed by atoms with E-state index in [1.54, 1.807) is 18.3 Å². The average Bonchev–Trinajstić information content (AvgIpc) is 3.08. The van der Waals surface area contributed by atoms with Gasteiger partial charge >= 0.3 is 0 Å². The molecule has 0 fully saturated rings. The zero-order chi connectivity index (χ0) is 19.5. The first-order valence-corrected chi connectivity index (χ1v) is 9.16. The van der Waals surface area contributed by atoms with Crippen LogP contribution in [0.15, 0.2) is 85.1 Å². The molecule has 4 aromatic rings. The Morgan fingerprint density at radius 3 is 2.29 bits per heavy atom. The molecule has 0 saturated heterocycles. The number of nitrogens with one attached hydrogen (secondary N) is 1. The number of para-hydroxylation sites is 1. The molecule has 0 aliphatic heterocycles. The van der Waals surface area contributed by atoms with Crippen molar-refractivity contribution in [3.8, 4) is 0 Å². The molecule has 1 heterocycles. The van der Waals surface area contributed by atoms with Crippen molar-refractivity contribution in [1.82, 2.24) is 4.57 Å². The predicted molar refractivity (Wildman–Crippen MR) is 112 cm³/mol. The quantitative estimate of drug-likeness (QED) is 0.406. The Kier molecular flexibility index (Phi) is 4.77. The van der Waals surface area contributed by atoms with Crippen molar-refractivity contribution >= 4 is 28.3 Å². The molecule has 1 N–H and O–H groups in total. The fourth-order valence-corrected chi connectivity index (χ4v) is 3.29. The number of hydrogen-bond acceptors (Lipinski definition) is 2. The Balaban J connectivity index is 1.65. The Morgan fingerprint density at radius 1 is 0.857 bits per heavy atom. The van der Waals surface area contributed by atoms with Gasteiger partial charge < -0.3 is 9.88 Å². The lowest BCUT2D eigenvalue weighted by Crippen LogP contribution is -2.22. The number of hydrogen-bond donors (Lipinski definition) is 1. The van der Waals surface area contributed by atoms with Crippen LogP contribution in [0.3, 0.4) is 0 Å². The molecule has 3 aromatic carbocycles. The van der Waals surface area contributed by atoms with E-state index in [9.17, 15) is 9.59 Å². The molecule has 0 unspecified atom stereocenters. The fourth-order valence-electron chi connectivity index (χ4n) is 3.29. The number of Topliss-reactive ketones (excluding diaryl/α,β-unsaturated/α-hetero) is 1. The van der Waals surface area contributed by atoms with Crippen molar-refractivity contribution in [2.24, 2.45) is 0 Å². The average molecular weight is 368 g/mol. The molecule has 0 aliphatic carbocycles. The molecule has 138 valence electrons. The number of aromatic nitrogens is 1. The molecule has 28 heavy (non-hydrogen) atoms. The monoisotopic (exact) mass is 368 g/mol. The lowest BCUT2D eigenvalue weighted by Gasteiger charge is -2.05. The van der Waals surface area contributed by atoms with E-state index >= 15 is 0 Å². The first kappa shape index (κ1) is 17.7. The maximum absolute atomic E-state index is 12.9. The second-order valence-electron chi connectivity index (χ2n) is 6.82. The summed E-state index contributed by atoms with van der Waals surface area (Å²) in [4.78, 5) is 25.4. The summed E-state index contributed by atoms with van der Waals surface area (Å²) in [6.07, 6.45) is 1.77. The van der Waals surface area contributed by atoms with Gasteiger partial charge in [0, 0.05) is 29.3 Å². The van der Waals surface area contributed by atoms with Crippen LogP contribution in [0.1, 0.15) is 21.5 Å². The number of carbonyl (C=O) groups is 2. The molecular formula is C24H20N2O2. The summed E-state index contributed by atoms with van der Waals surface area (Å²) >= 11 is 0. The fraction of sp³-hybridized carbons (Fsp3) is 0.0833. The first-order chi connectivity index (χ1) is 13.6. The van der Waals surface area contributed by atoms with Gasteiger partial charge in [0.25, 0.3) is 11.7 Å². The zero-order valence-electron chi connectivity index (χ0n) is 15.6. The summed E-state index contributed by atoms with van der Waals surface area (Å²) in [5.41, 5.74) is 4.17. The molecule has 0 bridgehead atoms. The molecular weight excluding hydrogens is 348 g/mol. The third kappa shape index (κ3) is 3.58. The summed E-state index contributed by atoms with van der Waals surface area (Å²) in [7, 11) is 0. The van der Waals surface area contributed by atoms with Crippen molar-refractivity contribution < 1.29 is 9.59 Å². The van der Waals surface area contributed by atoms with Crippen molar-refractivity contribution in [3.05, 3.63) is 102 Å². The molecule has 4 rings (SSSR count). The standard InChI is InChI=1S/C24H20N2O2/c1-17-11-13-19(14-12-17)25-24(28)23(27)21-16-26(15-18-7-3-2-4-8-18)22-10-6-5-9-20(21)22/h2-14,16H,15H2,1H3,(H,25,28). The number of anilines is 1. The Bertz CT molecular complexity index is 1140. The van der Waals surface area contributed by atoms with Crippen LogP contribution in [-0.4, -0.2) is 16.3 Å². The Labute approximate surface area is 163 Å². The van der Waals surface area contributed by atoms with Gasteiger partial charge in [0.05, 0.1) is 5.56 Å². The molecule has 0 atom stereocenters. The van der Waals surface area contributed by atoms with Gasteiger partial charge in [0.15, 0.2) is 0 Å². The number of fused-ring (bicyclic) bond motifs is 1. The molecule has 4 heteroatoms. The molecule has 1 aromatic heterocycles. The Hall–Kier alpha value is -3.66. The van der Waals surface area contributed by atoms with Crippen LogP contribution in [0.4, 0.5) is 5.69 Å². The predicted octanol–water partition coefficient (Wildman–Crippen LogP) is 4.82. The molecule has 0 saturated carbocycles. The maximum atomic E-state index is 12.9. The van der Waals surface area contributed by atoms with Crippen molar-refractivity contribution in [2.45, 2.75) is 13.5 Å². The van der Waals surface area contributed by atoms with Crippen molar-refractivity contribution in [2.75, 3.05) is 5.32 Å². The van der Waals surface area contributed by atoms with Crippen molar-refractivity contribution in [3.63, 3.8) is 0 Å². The molecule has 0 spiro atoms. The summed E-state index contributed by atoms with van der Waals surface area (Å²) in [5, 5.41) is 3.47. The van der Waals surface area contributed by atoms with Crippen LogP contribution in [-0.2, 0) is 11.3 Å². The lowest BCUT2D eigenvalue weighted by atomic mass is 10.1. The molecule has 0 aliphatic rings. The van der Waals surface area contributed by atoms with E-state index in [4.69, 9.17) is 0 Å². The van der Waals surface area contributed by atoms with E-state index in [2.05, 4.69) is 5.32 Å². The van der Waals surface area contributed by atoms with E-state index in [1.807, 2.05) is 78.2 Å². The van der Waals surface area contributed by atoms with Crippen LogP contribution in [0.2, 0.25) is 0 Å². The van der Waals surface area contributed by atoms with Crippen LogP contribution >= 0.6 is 0 Å². The third-order valence-corrected chi connectivity index (χ3v) is 4.74. The summed E-state index contributed by atoms with van der Waals surface area (Å²) in [6.45, 7) is 2.60. The number of ketones is 1. The van der Waals surface area contributed by atoms with E-state index in [0.29, 0.717) is 17.8 Å². The summed E-state index contributed by atoms with van der Waals surface area (Å²) < 4.78 is 2.01. The first-order valence-electron chi connectivity index (χ1n) is 9.16. The van der Waals surface area contributed by atoms with Gasteiger partial charge in [-0.1, -0.05) is 66.2 Å². The number of rotatable bonds is 5. The maximum Gasteiger partial charge on any atom is 0.296 e. The van der Waals surface area contributed by atoms with Gasteiger partial charge in [-0.3, -0.25) is 9.59 Å². The highest BCUT2D eigenvalue weighted by atomic mass is 16.2. The third-order valence-electron chi connectivity index (χ3n) is 4.74. The molecule has 1 amide bonds. The second-order valence-corrected chi connectivity index (χ2v) is 6.82. The van der Waals surface area contributed by atoms with Gasteiger partial charge in [-0.15, -0.1) is 0 Å². The SMILES string of the molecule is Cc1ccc(NC(=O)C(=O)c2cn(Cc3ccccc3)c3ccccc23)cc1. The van der Waals surface area contributed by atoms with Gasteiger partial charge in [0.2, 0.25) is 0 Å². The van der Waals surface area contributed by atoms with E-state index in [1.165, 1.54) is 0 Å². The smallest absolute Gasteiger partial charge is 0.296 e. The normalized spacial score (nSPS) is 10.8. The van der Waals surface area contributed by atoms with Gasteiger partial charge in [-0.2, -0.15) is 0 Å². The number of amides is 1. The van der Waals surface area contributed by atoms with Crippen molar-refractivity contribution in [1.29, 1.82) is 0 Å². The largest absolute Gasteiger partial charge is 0.342 e. The van der Waals surface area contributed by atoms with Gasteiger partial charge in [-0.25, -0.2) is 0 Å². The van der Waals surface area contributed by atoms with Crippen LogP contribution < -0.4 is 5.32 Å². The van der Waals surface area contributed by atoms with E-state index < -0.39 is 11.7 Å². The van der Waals surface area contributed by atoms with Crippen LogP contribution in [0, 0.1) is 6.92 Å². The number of aryl methyl sites for hydroxylation is 1. The molecule has 0 radical (unpaired) electrons. The number of nitrogens with zero attached hydrogens (tertiary/aromatic N) is 1. The summed E-state index contributed by atoms with van der Waals surface area (Å²) in [5.74, 6) is -1.17. The minimum Gasteiger partial charge on any atom is -0.342 e. The highest BCUT2D eigenvalue weighted by Crippen LogP contribution is 2.23. The van der Waals surface area contributed by atoms with Gasteiger partial charge in [-0.05, 0) is 30.7 Å². The van der Waals surface area contributed by atoms with Gasteiger partial charge in [0.1, 0.15) is 0 Å². The minimum absolute atomic E-state index is 0.413. The Morgan fingerprint density at radius 2 is 1.54 bits per heavy atom. The number of benzene rings is 3. The summed E-state index contributed by atoms with van der Waals surface area (Å²) in [6, 6.07) is 25.1. The minimum atomic E-state index is -0.633. The zero-order valence-corrected chi connectivity index (χ0v) is 15.6.